The van der Waals surface area contributed by atoms with Gasteiger partial charge < -0.3 is 5.32 Å². The summed E-state index contributed by atoms with van der Waals surface area (Å²) in [6, 6.07) is 16.2. The van der Waals surface area contributed by atoms with Crippen molar-refractivity contribution in [2.75, 3.05) is 5.75 Å². The molecule has 30 heavy (non-hydrogen) atoms. The number of amides is 1. The third-order valence-corrected chi connectivity index (χ3v) is 6.47. The van der Waals surface area contributed by atoms with Crippen LogP contribution < -0.4 is 5.32 Å². The molecule has 1 aliphatic rings. The van der Waals surface area contributed by atoms with Gasteiger partial charge in [0.25, 0.3) is 0 Å². The van der Waals surface area contributed by atoms with Gasteiger partial charge in [0.1, 0.15) is 5.82 Å². The fourth-order valence-electron chi connectivity index (χ4n) is 3.87. The van der Waals surface area contributed by atoms with Crippen molar-refractivity contribution < 1.29 is 9.18 Å². The molecule has 3 aromatic rings. The SMILES string of the molecule is CC1CCCCC1NC(=O)CSc1nnc(-c2ccc(F)cc2)n1-c1ccccc1. The first-order valence-corrected chi connectivity index (χ1v) is 11.3. The fraction of sp³-hybridized carbons (Fsp3) is 0.348. The predicted octanol–water partition coefficient (Wildman–Crippen LogP) is 4.86. The van der Waals surface area contributed by atoms with Crippen molar-refractivity contribution in [2.24, 2.45) is 5.92 Å². The summed E-state index contributed by atoms with van der Waals surface area (Å²) in [7, 11) is 0. The topological polar surface area (TPSA) is 59.8 Å². The van der Waals surface area contributed by atoms with Crippen LogP contribution in [0.4, 0.5) is 4.39 Å². The second-order valence-electron chi connectivity index (χ2n) is 7.71. The van der Waals surface area contributed by atoms with Gasteiger partial charge in [-0.1, -0.05) is 49.7 Å². The Labute approximate surface area is 180 Å². The van der Waals surface area contributed by atoms with Crippen LogP contribution in [0.1, 0.15) is 32.6 Å². The van der Waals surface area contributed by atoms with Crippen LogP contribution in [-0.2, 0) is 4.79 Å². The van der Waals surface area contributed by atoms with Gasteiger partial charge in [-0.15, -0.1) is 10.2 Å². The van der Waals surface area contributed by atoms with E-state index in [9.17, 15) is 9.18 Å². The van der Waals surface area contributed by atoms with Crippen LogP contribution in [0, 0.1) is 11.7 Å². The number of carbonyl (C=O) groups is 1. The summed E-state index contributed by atoms with van der Waals surface area (Å²) < 4.78 is 15.3. The van der Waals surface area contributed by atoms with E-state index in [-0.39, 0.29) is 23.5 Å². The number of aromatic nitrogens is 3. The van der Waals surface area contributed by atoms with Crippen LogP contribution in [0.5, 0.6) is 0 Å². The fourth-order valence-corrected chi connectivity index (χ4v) is 4.63. The van der Waals surface area contributed by atoms with Gasteiger partial charge in [0, 0.05) is 17.3 Å². The molecule has 7 heteroatoms. The zero-order chi connectivity index (χ0) is 20.9. The lowest BCUT2D eigenvalue weighted by atomic mass is 9.86. The lowest BCUT2D eigenvalue weighted by molar-refractivity contribution is -0.119. The van der Waals surface area contributed by atoms with E-state index in [1.165, 1.54) is 43.2 Å². The van der Waals surface area contributed by atoms with Gasteiger partial charge in [-0.05, 0) is 55.2 Å². The molecule has 2 atom stereocenters. The summed E-state index contributed by atoms with van der Waals surface area (Å²) >= 11 is 1.36. The minimum absolute atomic E-state index is 0.0182. The maximum atomic E-state index is 13.4. The number of hydrogen-bond donors (Lipinski definition) is 1. The van der Waals surface area contributed by atoms with Gasteiger partial charge in [0.05, 0.1) is 5.75 Å². The largest absolute Gasteiger partial charge is 0.352 e. The number of nitrogens with one attached hydrogen (secondary N) is 1. The molecule has 0 saturated heterocycles. The highest BCUT2D eigenvalue weighted by atomic mass is 32.2. The van der Waals surface area contributed by atoms with Crippen LogP contribution in [0.25, 0.3) is 17.1 Å². The second kappa shape index (κ2) is 9.43. The minimum atomic E-state index is -0.298. The average Bonchev–Trinajstić information content (AvgIpc) is 3.19. The molecule has 1 aromatic heterocycles. The summed E-state index contributed by atoms with van der Waals surface area (Å²) in [6.07, 6.45) is 4.63. The van der Waals surface area contributed by atoms with Crippen molar-refractivity contribution in [1.82, 2.24) is 20.1 Å². The van der Waals surface area contributed by atoms with E-state index in [1.807, 2.05) is 34.9 Å². The van der Waals surface area contributed by atoms with Crippen molar-refractivity contribution in [3.63, 3.8) is 0 Å². The third-order valence-electron chi connectivity index (χ3n) is 5.54. The molecule has 1 amide bonds. The second-order valence-corrected chi connectivity index (χ2v) is 8.65. The number of carbonyl (C=O) groups excluding carboxylic acids is 1. The van der Waals surface area contributed by atoms with E-state index >= 15 is 0 Å². The third kappa shape index (κ3) is 4.73. The number of hydrogen-bond acceptors (Lipinski definition) is 4. The molecule has 1 aliphatic carbocycles. The van der Waals surface area contributed by atoms with Gasteiger partial charge >= 0.3 is 0 Å². The summed E-state index contributed by atoms with van der Waals surface area (Å²) in [4.78, 5) is 12.6. The lowest BCUT2D eigenvalue weighted by Crippen LogP contribution is -2.41. The van der Waals surface area contributed by atoms with E-state index < -0.39 is 0 Å². The van der Waals surface area contributed by atoms with E-state index in [0.29, 0.717) is 16.9 Å². The molecule has 1 fully saturated rings. The summed E-state index contributed by atoms with van der Waals surface area (Å²) in [5, 5.41) is 12.5. The van der Waals surface area contributed by atoms with Gasteiger partial charge in [-0.2, -0.15) is 0 Å². The van der Waals surface area contributed by atoms with Gasteiger partial charge in [-0.3, -0.25) is 9.36 Å². The highest BCUT2D eigenvalue weighted by Crippen LogP contribution is 2.28. The number of halogens is 1. The summed E-state index contributed by atoms with van der Waals surface area (Å²) in [6.45, 7) is 2.21. The highest BCUT2D eigenvalue weighted by molar-refractivity contribution is 7.99. The van der Waals surface area contributed by atoms with E-state index in [1.54, 1.807) is 12.1 Å². The Morgan fingerprint density at radius 3 is 2.57 bits per heavy atom. The summed E-state index contributed by atoms with van der Waals surface area (Å²) in [5.74, 6) is 1.13. The number of para-hydroxylation sites is 1. The molecular weight excluding hydrogens is 399 g/mol. The summed E-state index contributed by atoms with van der Waals surface area (Å²) in [5.41, 5.74) is 1.66. The van der Waals surface area contributed by atoms with Gasteiger partial charge in [0.2, 0.25) is 5.91 Å². The van der Waals surface area contributed by atoms with E-state index in [4.69, 9.17) is 0 Å². The first-order chi connectivity index (χ1) is 14.6. The Bertz CT molecular complexity index is 990. The molecule has 0 aliphatic heterocycles. The zero-order valence-electron chi connectivity index (χ0n) is 16.9. The van der Waals surface area contributed by atoms with Crippen LogP contribution in [0.2, 0.25) is 0 Å². The number of rotatable bonds is 6. The molecule has 1 N–H and O–H groups in total. The molecule has 1 heterocycles. The van der Waals surface area contributed by atoms with E-state index in [2.05, 4.69) is 22.4 Å². The van der Waals surface area contributed by atoms with Crippen molar-refractivity contribution in [3.05, 3.63) is 60.4 Å². The zero-order valence-corrected chi connectivity index (χ0v) is 17.7. The van der Waals surface area contributed by atoms with Crippen molar-refractivity contribution >= 4 is 17.7 Å². The first kappa shape index (κ1) is 20.6. The smallest absolute Gasteiger partial charge is 0.230 e. The Kier molecular flexibility index (Phi) is 6.47. The average molecular weight is 425 g/mol. The Morgan fingerprint density at radius 2 is 1.83 bits per heavy atom. The quantitative estimate of drug-likeness (QED) is 0.574. The molecule has 0 spiro atoms. The van der Waals surface area contributed by atoms with Crippen LogP contribution >= 0.6 is 11.8 Å². The number of thioether (sulfide) groups is 1. The van der Waals surface area contributed by atoms with Crippen LogP contribution in [-0.4, -0.2) is 32.5 Å². The van der Waals surface area contributed by atoms with Crippen molar-refractivity contribution in [3.8, 4) is 17.1 Å². The highest BCUT2D eigenvalue weighted by Gasteiger charge is 2.23. The van der Waals surface area contributed by atoms with Crippen LogP contribution in [0.3, 0.4) is 0 Å². The molecule has 2 aromatic carbocycles. The molecular formula is C23H25FN4OS. The van der Waals surface area contributed by atoms with Crippen LogP contribution in [0.15, 0.2) is 59.8 Å². The monoisotopic (exact) mass is 424 g/mol. The molecule has 0 radical (unpaired) electrons. The molecule has 4 rings (SSSR count). The standard InChI is InChI=1S/C23H25FN4OS/c1-16-7-5-6-10-20(16)25-21(29)15-30-23-27-26-22(17-11-13-18(24)14-12-17)28(23)19-8-3-2-4-9-19/h2-4,8-9,11-14,16,20H,5-7,10,15H2,1H3,(H,25,29). The van der Waals surface area contributed by atoms with Gasteiger partial charge in [-0.25, -0.2) is 4.39 Å². The Balaban J connectivity index is 1.54. The molecule has 5 nitrogen and oxygen atoms in total. The maximum Gasteiger partial charge on any atom is 0.230 e. The lowest BCUT2D eigenvalue weighted by Gasteiger charge is -2.29. The number of benzene rings is 2. The van der Waals surface area contributed by atoms with E-state index in [0.717, 1.165) is 17.7 Å². The Hall–Kier alpha value is -2.67. The normalized spacial score (nSPS) is 18.9. The maximum absolute atomic E-state index is 13.4. The molecule has 1 saturated carbocycles. The minimum Gasteiger partial charge on any atom is -0.352 e. The predicted molar refractivity (Wildman–Crippen MR) is 117 cm³/mol. The van der Waals surface area contributed by atoms with Gasteiger partial charge in [0.15, 0.2) is 11.0 Å². The number of nitrogens with zero attached hydrogens (tertiary/aromatic N) is 3. The molecule has 0 bridgehead atoms. The Morgan fingerprint density at radius 1 is 1.10 bits per heavy atom. The molecule has 156 valence electrons. The van der Waals surface area contributed by atoms with Crippen molar-refractivity contribution in [1.29, 1.82) is 0 Å². The molecule has 2 unspecified atom stereocenters. The first-order valence-electron chi connectivity index (χ1n) is 10.3. The van der Waals surface area contributed by atoms with Crippen molar-refractivity contribution in [2.45, 2.75) is 43.8 Å².